The summed E-state index contributed by atoms with van der Waals surface area (Å²) in [4.78, 5) is 0. The van der Waals surface area contributed by atoms with Crippen LogP contribution in [-0.2, 0) is 0 Å². The Hall–Kier alpha value is -1.20. The van der Waals surface area contributed by atoms with Crippen molar-refractivity contribution in [1.82, 2.24) is 0 Å². The summed E-state index contributed by atoms with van der Waals surface area (Å²) in [7, 11) is 0. The molecule has 1 N–H and O–H groups in total. The van der Waals surface area contributed by atoms with Crippen LogP contribution < -0.4 is 5.32 Å². The van der Waals surface area contributed by atoms with Crippen LogP contribution >= 0.6 is 11.6 Å². The molecule has 1 aromatic rings. The number of nitrogens with zero attached hydrogens (tertiary/aromatic N) is 1. The summed E-state index contributed by atoms with van der Waals surface area (Å²) in [6.07, 6.45) is 3.65. The lowest BCUT2D eigenvalue weighted by Gasteiger charge is -2.15. The first kappa shape index (κ1) is 11.3. The van der Waals surface area contributed by atoms with Gasteiger partial charge in [0.15, 0.2) is 0 Å². The van der Waals surface area contributed by atoms with Gasteiger partial charge in [-0.1, -0.05) is 18.5 Å². The van der Waals surface area contributed by atoms with E-state index in [0.717, 1.165) is 11.6 Å². The van der Waals surface area contributed by atoms with Crippen molar-refractivity contribution in [1.29, 1.82) is 5.26 Å². The number of anilines is 1. The zero-order chi connectivity index (χ0) is 11.5. The van der Waals surface area contributed by atoms with Crippen LogP contribution in [-0.4, -0.2) is 6.04 Å². The van der Waals surface area contributed by atoms with Gasteiger partial charge in [-0.3, -0.25) is 0 Å². The van der Waals surface area contributed by atoms with Crippen LogP contribution in [0.25, 0.3) is 0 Å². The minimum Gasteiger partial charge on any atom is -0.381 e. The summed E-state index contributed by atoms with van der Waals surface area (Å²) in [5, 5.41) is 13.0. The number of nitriles is 1. The molecule has 1 aliphatic carbocycles. The first-order chi connectivity index (χ1) is 7.69. The second-order valence-electron chi connectivity index (χ2n) is 4.57. The topological polar surface area (TPSA) is 35.8 Å². The Bertz CT molecular complexity index is 422. The Kier molecular flexibility index (Phi) is 3.36. The van der Waals surface area contributed by atoms with E-state index in [0.29, 0.717) is 16.6 Å². The maximum Gasteiger partial charge on any atom is 0.0992 e. The Morgan fingerprint density at radius 1 is 1.44 bits per heavy atom. The van der Waals surface area contributed by atoms with E-state index in [2.05, 4.69) is 18.3 Å². The van der Waals surface area contributed by atoms with E-state index in [1.54, 1.807) is 12.1 Å². The van der Waals surface area contributed by atoms with Gasteiger partial charge in [-0.25, -0.2) is 0 Å². The lowest BCUT2D eigenvalue weighted by Crippen LogP contribution is -2.15. The van der Waals surface area contributed by atoms with E-state index < -0.39 is 0 Å². The third kappa shape index (κ3) is 2.48. The highest BCUT2D eigenvalue weighted by atomic mass is 35.5. The lowest BCUT2D eigenvalue weighted by atomic mass is 10.1. The van der Waals surface area contributed by atoms with E-state index in [1.807, 2.05) is 6.07 Å². The normalized spacial score (nSPS) is 24.1. The summed E-state index contributed by atoms with van der Waals surface area (Å²) in [5.74, 6) is 0.787. The third-order valence-corrected chi connectivity index (χ3v) is 3.48. The smallest absolute Gasteiger partial charge is 0.0992 e. The van der Waals surface area contributed by atoms with Crippen molar-refractivity contribution >= 4 is 17.3 Å². The Morgan fingerprint density at radius 2 is 2.25 bits per heavy atom. The Morgan fingerprint density at radius 3 is 2.88 bits per heavy atom. The van der Waals surface area contributed by atoms with Gasteiger partial charge in [-0.15, -0.1) is 0 Å². The molecule has 0 radical (unpaired) electrons. The van der Waals surface area contributed by atoms with Gasteiger partial charge in [0, 0.05) is 6.04 Å². The Labute approximate surface area is 101 Å². The van der Waals surface area contributed by atoms with Gasteiger partial charge in [0.05, 0.1) is 22.3 Å². The number of hydrogen-bond acceptors (Lipinski definition) is 2. The van der Waals surface area contributed by atoms with E-state index in [1.165, 1.54) is 19.3 Å². The maximum atomic E-state index is 8.83. The predicted octanol–water partition coefficient (Wildman–Crippen LogP) is 3.81. The number of rotatable bonds is 2. The monoisotopic (exact) mass is 234 g/mol. The minimum absolute atomic E-state index is 0.501. The van der Waals surface area contributed by atoms with Gasteiger partial charge in [-0.05, 0) is 43.4 Å². The minimum atomic E-state index is 0.501. The van der Waals surface area contributed by atoms with Crippen LogP contribution in [0, 0.1) is 17.2 Å². The van der Waals surface area contributed by atoms with Crippen molar-refractivity contribution in [3.63, 3.8) is 0 Å². The summed E-state index contributed by atoms with van der Waals surface area (Å²) in [6.45, 7) is 2.27. The van der Waals surface area contributed by atoms with Crippen molar-refractivity contribution in [2.75, 3.05) is 5.32 Å². The lowest BCUT2D eigenvalue weighted by molar-refractivity contribution is 0.602. The molecule has 16 heavy (non-hydrogen) atoms. The van der Waals surface area contributed by atoms with Crippen LogP contribution in [0.1, 0.15) is 31.7 Å². The average Bonchev–Trinajstić information content (AvgIpc) is 2.67. The first-order valence-electron chi connectivity index (χ1n) is 5.65. The maximum absolute atomic E-state index is 8.83. The van der Waals surface area contributed by atoms with Crippen molar-refractivity contribution in [3.05, 3.63) is 28.8 Å². The fourth-order valence-electron chi connectivity index (χ4n) is 2.26. The Balaban J connectivity index is 2.12. The number of hydrogen-bond donors (Lipinski definition) is 1. The summed E-state index contributed by atoms with van der Waals surface area (Å²) in [5.41, 5.74) is 1.54. The molecule has 2 atom stereocenters. The average molecular weight is 235 g/mol. The molecule has 1 aromatic carbocycles. The predicted molar refractivity (Wildman–Crippen MR) is 66.6 cm³/mol. The zero-order valence-electron chi connectivity index (χ0n) is 9.33. The fourth-order valence-corrected chi connectivity index (χ4v) is 2.44. The molecular formula is C13H15ClN2. The van der Waals surface area contributed by atoms with Gasteiger partial charge in [0.1, 0.15) is 0 Å². The number of halogens is 1. The van der Waals surface area contributed by atoms with Gasteiger partial charge in [0.25, 0.3) is 0 Å². The molecule has 0 spiro atoms. The summed E-state index contributed by atoms with van der Waals surface area (Å²) in [6, 6.07) is 7.98. The van der Waals surface area contributed by atoms with Crippen LogP contribution in [0.3, 0.4) is 0 Å². The highest BCUT2D eigenvalue weighted by Gasteiger charge is 2.21. The quantitative estimate of drug-likeness (QED) is 0.845. The largest absolute Gasteiger partial charge is 0.381 e. The van der Waals surface area contributed by atoms with E-state index in [9.17, 15) is 0 Å². The molecule has 2 rings (SSSR count). The van der Waals surface area contributed by atoms with Crippen molar-refractivity contribution in [2.45, 2.75) is 32.2 Å². The molecule has 0 saturated heterocycles. The van der Waals surface area contributed by atoms with Crippen molar-refractivity contribution in [3.8, 4) is 6.07 Å². The van der Waals surface area contributed by atoms with Crippen molar-refractivity contribution in [2.24, 2.45) is 5.92 Å². The molecule has 0 bridgehead atoms. The second kappa shape index (κ2) is 4.76. The van der Waals surface area contributed by atoms with Gasteiger partial charge >= 0.3 is 0 Å². The molecule has 2 nitrogen and oxygen atoms in total. The molecule has 0 amide bonds. The zero-order valence-corrected chi connectivity index (χ0v) is 10.1. The summed E-state index contributed by atoms with van der Waals surface area (Å²) >= 11 is 6.10. The molecular weight excluding hydrogens is 220 g/mol. The molecule has 1 aliphatic rings. The van der Waals surface area contributed by atoms with E-state index >= 15 is 0 Å². The molecule has 0 heterocycles. The van der Waals surface area contributed by atoms with Crippen molar-refractivity contribution < 1.29 is 0 Å². The standard InChI is InChI=1S/C13H15ClN2/c1-9-2-4-11(6-9)16-13-7-10(8-15)3-5-12(13)14/h3,5,7,9,11,16H,2,4,6H2,1H3. The van der Waals surface area contributed by atoms with E-state index in [4.69, 9.17) is 16.9 Å². The van der Waals surface area contributed by atoms with Crippen LogP contribution in [0.15, 0.2) is 18.2 Å². The van der Waals surface area contributed by atoms with Gasteiger partial charge < -0.3 is 5.32 Å². The summed E-state index contributed by atoms with van der Waals surface area (Å²) < 4.78 is 0. The van der Waals surface area contributed by atoms with Crippen LogP contribution in [0.2, 0.25) is 5.02 Å². The van der Waals surface area contributed by atoms with Crippen LogP contribution in [0.4, 0.5) is 5.69 Å². The van der Waals surface area contributed by atoms with Crippen LogP contribution in [0.5, 0.6) is 0 Å². The molecule has 0 aromatic heterocycles. The molecule has 2 unspecified atom stereocenters. The highest BCUT2D eigenvalue weighted by Crippen LogP contribution is 2.30. The molecule has 0 aliphatic heterocycles. The molecule has 84 valence electrons. The van der Waals surface area contributed by atoms with E-state index in [-0.39, 0.29) is 0 Å². The SMILES string of the molecule is CC1CCC(Nc2cc(C#N)ccc2Cl)C1. The molecule has 1 fully saturated rings. The molecule has 1 saturated carbocycles. The first-order valence-corrected chi connectivity index (χ1v) is 6.03. The van der Waals surface area contributed by atoms with Gasteiger partial charge in [0.2, 0.25) is 0 Å². The fraction of sp³-hybridized carbons (Fsp3) is 0.462. The molecule has 3 heteroatoms. The highest BCUT2D eigenvalue weighted by molar-refractivity contribution is 6.33. The number of nitrogens with one attached hydrogen (secondary N) is 1. The van der Waals surface area contributed by atoms with Gasteiger partial charge in [-0.2, -0.15) is 5.26 Å². The second-order valence-corrected chi connectivity index (χ2v) is 4.97. The number of benzene rings is 1. The third-order valence-electron chi connectivity index (χ3n) is 3.15.